The Labute approximate surface area is 180 Å². The first-order chi connectivity index (χ1) is 14.7. The molecular formula is C23H27NO7. The smallest absolute Gasteiger partial charge is 0.336 e. The van der Waals surface area contributed by atoms with Gasteiger partial charge in [-0.15, -0.1) is 0 Å². The van der Waals surface area contributed by atoms with Crippen LogP contribution in [0.2, 0.25) is 0 Å². The molecule has 8 nitrogen and oxygen atoms in total. The number of hydrogen-bond donors (Lipinski definition) is 2. The highest BCUT2D eigenvalue weighted by Crippen LogP contribution is 2.46. The Bertz CT molecular complexity index is 992. The van der Waals surface area contributed by atoms with E-state index >= 15 is 0 Å². The zero-order valence-corrected chi connectivity index (χ0v) is 18.3. The molecule has 2 aliphatic rings. The van der Waals surface area contributed by atoms with Crippen molar-refractivity contribution in [2.45, 2.75) is 33.1 Å². The molecule has 0 bridgehead atoms. The molecule has 0 saturated carbocycles. The molecule has 3 rings (SSSR count). The zero-order chi connectivity index (χ0) is 22.9. The maximum atomic E-state index is 13.5. The van der Waals surface area contributed by atoms with Gasteiger partial charge in [0.15, 0.2) is 17.3 Å². The lowest BCUT2D eigenvalue weighted by atomic mass is 9.69. The van der Waals surface area contributed by atoms with Crippen molar-refractivity contribution >= 4 is 17.7 Å². The van der Waals surface area contributed by atoms with Crippen LogP contribution in [-0.4, -0.2) is 43.7 Å². The molecule has 1 heterocycles. The molecule has 1 aromatic carbocycles. The molecule has 1 aromatic rings. The lowest BCUT2D eigenvalue weighted by Crippen LogP contribution is -2.43. The van der Waals surface area contributed by atoms with Gasteiger partial charge < -0.3 is 24.6 Å². The number of phenolic OH excluding ortho intramolecular Hbond substituents is 1. The van der Waals surface area contributed by atoms with Crippen LogP contribution in [0.15, 0.2) is 40.7 Å². The van der Waals surface area contributed by atoms with E-state index in [0.717, 1.165) is 0 Å². The number of nitrogens with one attached hydrogen (secondary N) is 1. The van der Waals surface area contributed by atoms with E-state index in [-0.39, 0.29) is 29.6 Å². The predicted octanol–water partition coefficient (Wildman–Crippen LogP) is 2.58. The summed E-state index contributed by atoms with van der Waals surface area (Å²) < 4.78 is 15.3. The largest absolute Gasteiger partial charge is 0.504 e. The minimum atomic E-state index is -0.971. The van der Waals surface area contributed by atoms with Gasteiger partial charge in [-0.25, -0.2) is 4.79 Å². The number of dihydropyridines is 1. The highest BCUT2D eigenvalue weighted by molar-refractivity contribution is 6.12. The highest BCUT2D eigenvalue weighted by atomic mass is 16.5. The average molecular weight is 429 g/mol. The summed E-state index contributed by atoms with van der Waals surface area (Å²) in [5.74, 6) is -3.48. The number of benzene rings is 1. The van der Waals surface area contributed by atoms with Crippen molar-refractivity contribution in [3.8, 4) is 11.5 Å². The Morgan fingerprint density at radius 1 is 1.26 bits per heavy atom. The molecule has 3 atom stereocenters. The second kappa shape index (κ2) is 8.83. The van der Waals surface area contributed by atoms with Crippen LogP contribution in [0.3, 0.4) is 0 Å². The number of aromatic hydroxyl groups is 1. The van der Waals surface area contributed by atoms with E-state index in [0.29, 0.717) is 29.0 Å². The maximum absolute atomic E-state index is 13.5. The van der Waals surface area contributed by atoms with Gasteiger partial charge in [0.25, 0.3) is 0 Å². The summed E-state index contributed by atoms with van der Waals surface area (Å²) in [4.78, 5) is 38.8. The number of phenols is 1. The number of esters is 2. The molecule has 0 saturated heterocycles. The number of ether oxygens (including phenoxy) is 3. The predicted molar refractivity (Wildman–Crippen MR) is 111 cm³/mol. The Balaban J connectivity index is 2.21. The van der Waals surface area contributed by atoms with E-state index < -0.39 is 29.6 Å². The Kier molecular flexibility index (Phi) is 6.38. The van der Waals surface area contributed by atoms with Crippen LogP contribution >= 0.6 is 0 Å². The third kappa shape index (κ3) is 3.89. The number of allylic oxidation sites excluding steroid dienone is 3. The van der Waals surface area contributed by atoms with Gasteiger partial charge in [0.1, 0.15) is 5.92 Å². The minimum absolute atomic E-state index is 0.123. The molecule has 0 aromatic heterocycles. The van der Waals surface area contributed by atoms with E-state index in [4.69, 9.17) is 14.2 Å². The molecule has 0 unspecified atom stereocenters. The Morgan fingerprint density at radius 2 is 1.97 bits per heavy atom. The van der Waals surface area contributed by atoms with Crippen LogP contribution in [0, 0.1) is 11.8 Å². The lowest BCUT2D eigenvalue weighted by molar-refractivity contribution is -0.151. The van der Waals surface area contributed by atoms with E-state index in [2.05, 4.69) is 5.32 Å². The van der Waals surface area contributed by atoms with Gasteiger partial charge in [-0.2, -0.15) is 0 Å². The van der Waals surface area contributed by atoms with Crippen molar-refractivity contribution in [1.82, 2.24) is 5.32 Å². The number of carbonyl (C=O) groups excluding carboxylic acids is 3. The fourth-order valence-electron chi connectivity index (χ4n) is 4.38. The van der Waals surface area contributed by atoms with Crippen LogP contribution in [0.4, 0.5) is 0 Å². The summed E-state index contributed by atoms with van der Waals surface area (Å²) in [6.07, 6.45) is 0.437. The van der Waals surface area contributed by atoms with E-state index in [1.54, 1.807) is 26.0 Å². The quantitative estimate of drug-likeness (QED) is 0.543. The summed E-state index contributed by atoms with van der Waals surface area (Å²) in [6, 6.07) is 4.72. The second-order valence-corrected chi connectivity index (χ2v) is 7.69. The number of Topliss-reactive ketones (excluding diaryl/α,β-unsaturated/α-hetero) is 1. The van der Waals surface area contributed by atoms with E-state index in [1.165, 1.54) is 20.3 Å². The molecule has 0 fully saturated rings. The normalized spacial score (nSPS) is 23.1. The lowest BCUT2D eigenvalue weighted by Gasteiger charge is -2.38. The first-order valence-electron chi connectivity index (χ1n) is 10.1. The van der Waals surface area contributed by atoms with Gasteiger partial charge in [-0.3, -0.25) is 9.59 Å². The van der Waals surface area contributed by atoms with E-state index in [9.17, 15) is 19.5 Å². The van der Waals surface area contributed by atoms with Crippen LogP contribution in [0.1, 0.15) is 38.7 Å². The van der Waals surface area contributed by atoms with Gasteiger partial charge in [0.2, 0.25) is 0 Å². The molecule has 1 aliphatic heterocycles. The van der Waals surface area contributed by atoms with Gasteiger partial charge >= 0.3 is 11.9 Å². The molecular weight excluding hydrogens is 402 g/mol. The number of carbonyl (C=O) groups is 3. The van der Waals surface area contributed by atoms with Crippen molar-refractivity contribution in [2.24, 2.45) is 11.8 Å². The zero-order valence-electron chi connectivity index (χ0n) is 18.3. The van der Waals surface area contributed by atoms with Gasteiger partial charge in [0.05, 0.1) is 26.4 Å². The Morgan fingerprint density at radius 3 is 2.55 bits per heavy atom. The van der Waals surface area contributed by atoms with Crippen LogP contribution in [0.5, 0.6) is 11.5 Å². The summed E-state index contributed by atoms with van der Waals surface area (Å²) in [6.45, 7) is 5.43. The SMILES string of the molecule is CCOC(=O)C1=C(C)NC2=C(C(=O)[C@@H](C(=O)OC)[C@H](C)C2)[C@H]1c1ccc(OC)c(O)c1. The van der Waals surface area contributed by atoms with Gasteiger partial charge in [-0.1, -0.05) is 13.0 Å². The van der Waals surface area contributed by atoms with Gasteiger partial charge in [0, 0.05) is 22.9 Å². The number of ketones is 1. The molecule has 8 heteroatoms. The molecule has 1 aliphatic carbocycles. The van der Waals surface area contributed by atoms with Crippen molar-refractivity contribution in [1.29, 1.82) is 0 Å². The summed E-state index contributed by atoms with van der Waals surface area (Å²) >= 11 is 0. The average Bonchev–Trinajstić information content (AvgIpc) is 2.72. The van der Waals surface area contributed by atoms with Crippen molar-refractivity contribution in [2.75, 3.05) is 20.8 Å². The van der Waals surface area contributed by atoms with Crippen molar-refractivity contribution in [3.63, 3.8) is 0 Å². The van der Waals surface area contributed by atoms with Crippen molar-refractivity contribution in [3.05, 3.63) is 46.3 Å². The number of methoxy groups -OCH3 is 2. The first-order valence-corrected chi connectivity index (χ1v) is 10.1. The van der Waals surface area contributed by atoms with Crippen LogP contribution < -0.4 is 10.1 Å². The third-order valence-corrected chi connectivity index (χ3v) is 5.77. The Hall–Kier alpha value is -3.29. The molecule has 0 spiro atoms. The topological polar surface area (TPSA) is 111 Å². The van der Waals surface area contributed by atoms with E-state index in [1.807, 2.05) is 6.92 Å². The van der Waals surface area contributed by atoms with Gasteiger partial charge in [-0.05, 0) is 43.9 Å². The standard InChI is InChI=1S/C23H27NO7/c1-6-31-23(28)18-12(3)24-14-9-11(2)17(22(27)30-5)21(26)20(14)19(18)13-7-8-16(29-4)15(25)10-13/h7-8,10-11,17,19,24-25H,6,9H2,1-5H3/t11-,17+,19+/m1/s1. The monoisotopic (exact) mass is 429 g/mol. The summed E-state index contributed by atoms with van der Waals surface area (Å²) in [7, 11) is 2.68. The molecule has 0 amide bonds. The summed E-state index contributed by atoms with van der Waals surface area (Å²) in [5.41, 5.74) is 2.31. The van der Waals surface area contributed by atoms with Crippen molar-refractivity contribution < 1.29 is 33.7 Å². The minimum Gasteiger partial charge on any atom is -0.504 e. The second-order valence-electron chi connectivity index (χ2n) is 7.69. The number of rotatable bonds is 5. The van der Waals surface area contributed by atoms with Crippen LogP contribution in [0.25, 0.3) is 0 Å². The first kappa shape index (κ1) is 22.4. The summed E-state index contributed by atoms with van der Waals surface area (Å²) in [5, 5.41) is 13.5. The fraction of sp³-hybridized carbons (Fsp3) is 0.435. The molecule has 0 radical (unpaired) electrons. The highest BCUT2D eigenvalue weighted by Gasteiger charge is 2.47. The number of hydrogen-bond acceptors (Lipinski definition) is 8. The fourth-order valence-corrected chi connectivity index (χ4v) is 4.38. The third-order valence-electron chi connectivity index (χ3n) is 5.77. The molecule has 2 N–H and O–H groups in total. The van der Waals surface area contributed by atoms with Crippen LogP contribution in [-0.2, 0) is 23.9 Å². The molecule has 166 valence electrons. The maximum Gasteiger partial charge on any atom is 0.336 e. The molecule has 31 heavy (non-hydrogen) atoms.